The third kappa shape index (κ3) is 7.18. The minimum atomic E-state index is -0.980. The van der Waals surface area contributed by atoms with Crippen LogP contribution in [-0.4, -0.2) is 95.7 Å². The summed E-state index contributed by atoms with van der Waals surface area (Å²) in [6.45, 7) is 4.44. The summed E-state index contributed by atoms with van der Waals surface area (Å²) >= 11 is 6.20. The number of piperidine rings is 1. The first-order valence-electron chi connectivity index (χ1n) is 16.0. The number of amides is 2. The largest absolute Gasteiger partial charge is 0.358 e. The molecular weight excluding hydrogens is 628 g/mol. The van der Waals surface area contributed by atoms with Crippen LogP contribution in [0.1, 0.15) is 48.0 Å². The molecule has 5 aliphatic rings. The number of nitrogens with zero attached hydrogens (tertiary/aromatic N) is 7. The predicted molar refractivity (Wildman–Crippen MR) is 171 cm³/mol. The molecule has 18 heteroatoms. The quantitative estimate of drug-likeness (QED) is 0.0812. The lowest BCUT2D eigenvalue weighted by molar-refractivity contribution is -0.133. The topological polar surface area (TPSA) is 237 Å². The van der Waals surface area contributed by atoms with Crippen molar-refractivity contribution >= 4 is 29.2 Å². The molecule has 6 rings (SSSR count). The minimum absolute atomic E-state index is 0.0248. The van der Waals surface area contributed by atoms with E-state index < -0.39 is 24.4 Å². The highest BCUT2D eigenvalue weighted by atomic mass is 35.5. The number of hydrogen-bond donors (Lipinski definition) is 7. The number of carbonyl (C=O) groups is 3. The lowest BCUT2D eigenvalue weighted by Gasteiger charge is -2.39. The van der Waals surface area contributed by atoms with E-state index >= 15 is 0 Å². The van der Waals surface area contributed by atoms with Crippen LogP contribution < -0.4 is 38.8 Å². The maximum absolute atomic E-state index is 13.2. The van der Waals surface area contributed by atoms with Crippen molar-refractivity contribution in [2.75, 3.05) is 39.3 Å². The Balaban J connectivity index is 0.946. The van der Waals surface area contributed by atoms with Crippen LogP contribution in [0.15, 0.2) is 55.9 Å². The molecule has 47 heavy (non-hydrogen) atoms. The van der Waals surface area contributed by atoms with Gasteiger partial charge in [-0.2, -0.15) is 0 Å². The zero-order valence-electron chi connectivity index (χ0n) is 26.1. The second-order valence-electron chi connectivity index (χ2n) is 13.1. The maximum Gasteiger partial charge on any atom is 0.249 e. The molecule has 1 aromatic rings. The van der Waals surface area contributed by atoms with E-state index in [9.17, 15) is 14.4 Å². The summed E-state index contributed by atoms with van der Waals surface area (Å²) in [5, 5.41) is 27.6. The zero-order valence-corrected chi connectivity index (χ0v) is 26.9. The Kier molecular flexibility index (Phi) is 9.88. The van der Waals surface area contributed by atoms with Crippen molar-refractivity contribution in [3.63, 3.8) is 0 Å². The molecule has 3 fully saturated rings. The van der Waals surface area contributed by atoms with Gasteiger partial charge in [0.05, 0.1) is 0 Å². The van der Waals surface area contributed by atoms with Gasteiger partial charge in [0.15, 0.2) is 17.8 Å². The number of ketones is 1. The number of likely N-dealkylation sites (tertiary alicyclic amines) is 2. The number of halogens is 1. The van der Waals surface area contributed by atoms with Crippen molar-refractivity contribution in [2.45, 2.75) is 62.6 Å². The maximum atomic E-state index is 13.2. The number of benzene rings is 1. The second-order valence-corrected chi connectivity index (χ2v) is 13.5. The van der Waals surface area contributed by atoms with Crippen molar-refractivity contribution in [3.05, 3.63) is 46.4 Å². The summed E-state index contributed by atoms with van der Waals surface area (Å²) in [4.78, 5) is 43.6. The Labute approximate surface area is 277 Å². The average Bonchev–Trinajstić information content (AvgIpc) is 3.52. The van der Waals surface area contributed by atoms with Crippen molar-refractivity contribution in [2.24, 2.45) is 50.0 Å². The van der Waals surface area contributed by atoms with Gasteiger partial charge >= 0.3 is 0 Å². The van der Waals surface area contributed by atoms with Crippen LogP contribution in [0.5, 0.6) is 0 Å². The van der Waals surface area contributed by atoms with Crippen LogP contribution in [0.4, 0.5) is 0 Å². The van der Waals surface area contributed by atoms with Gasteiger partial charge in [-0.25, -0.2) is 5.01 Å². The van der Waals surface area contributed by atoms with Gasteiger partial charge in [0.1, 0.15) is 17.5 Å². The van der Waals surface area contributed by atoms with E-state index in [1.54, 1.807) is 5.01 Å². The SMILES string of the molecule is NN=NC1=C(Cl)NC(C(=O)NC2NC3(CCN(C(=O)CCCN4CC5CC(=O)c6ccccc6CC5C4)CC3)CN2N)C(N=NN)N1. The van der Waals surface area contributed by atoms with Gasteiger partial charge in [0.25, 0.3) is 0 Å². The molecule has 4 aliphatic heterocycles. The lowest BCUT2D eigenvalue weighted by atomic mass is 9.88. The van der Waals surface area contributed by atoms with Gasteiger partial charge in [0, 0.05) is 56.7 Å². The molecule has 5 unspecified atom stereocenters. The molecule has 3 saturated heterocycles. The van der Waals surface area contributed by atoms with Crippen LogP contribution >= 0.6 is 11.6 Å². The van der Waals surface area contributed by atoms with E-state index in [4.69, 9.17) is 29.1 Å². The molecule has 0 bridgehead atoms. The number of nitrogens with two attached hydrogens (primary N) is 3. The molecule has 0 saturated carbocycles. The predicted octanol–water partition coefficient (Wildman–Crippen LogP) is -0.412. The van der Waals surface area contributed by atoms with Crippen LogP contribution in [-0.2, 0) is 16.0 Å². The summed E-state index contributed by atoms with van der Waals surface area (Å²) < 4.78 is 0. The van der Waals surface area contributed by atoms with Gasteiger partial charge in [0.2, 0.25) is 11.8 Å². The molecule has 5 atom stereocenters. The van der Waals surface area contributed by atoms with Crippen LogP contribution in [0, 0.1) is 11.8 Å². The van der Waals surface area contributed by atoms with Crippen LogP contribution in [0.25, 0.3) is 0 Å². The number of hydrazine groups is 1. The van der Waals surface area contributed by atoms with Gasteiger partial charge in [-0.15, -0.1) is 10.2 Å². The summed E-state index contributed by atoms with van der Waals surface area (Å²) in [5.74, 6) is 17.6. The lowest BCUT2D eigenvalue weighted by Crippen LogP contribution is -2.63. The third-order valence-corrected chi connectivity index (χ3v) is 10.4. The van der Waals surface area contributed by atoms with Crippen molar-refractivity contribution in [1.82, 2.24) is 36.1 Å². The molecule has 1 spiro atoms. The molecule has 17 nitrogen and oxygen atoms in total. The molecule has 1 aliphatic carbocycles. The first-order valence-corrected chi connectivity index (χ1v) is 16.4. The molecule has 4 heterocycles. The Morgan fingerprint density at radius 1 is 1.06 bits per heavy atom. The van der Waals surface area contributed by atoms with Crippen LogP contribution in [0.2, 0.25) is 0 Å². The molecule has 10 N–H and O–H groups in total. The molecular formula is C29H43ClN14O3. The average molecular weight is 671 g/mol. The molecule has 254 valence electrons. The fourth-order valence-corrected chi connectivity index (χ4v) is 7.87. The Hall–Kier alpha value is -3.90. The Morgan fingerprint density at radius 3 is 2.55 bits per heavy atom. The number of nitrogens with one attached hydrogen (secondary N) is 4. The number of hydrogen-bond acceptors (Lipinski definition) is 13. The smallest absolute Gasteiger partial charge is 0.249 e. The molecule has 2 amide bonds. The van der Waals surface area contributed by atoms with E-state index in [1.165, 1.54) is 5.56 Å². The van der Waals surface area contributed by atoms with E-state index in [-0.39, 0.29) is 28.2 Å². The van der Waals surface area contributed by atoms with Crippen molar-refractivity contribution in [3.8, 4) is 0 Å². The summed E-state index contributed by atoms with van der Waals surface area (Å²) in [6.07, 6.45) is 2.63. The van der Waals surface area contributed by atoms with Gasteiger partial charge in [-0.05, 0) is 49.6 Å². The van der Waals surface area contributed by atoms with Gasteiger partial charge < -0.3 is 37.4 Å². The normalized spacial score (nSPS) is 29.5. The van der Waals surface area contributed by atoms with E-state index in [0.717, 1.165) is 38.0 Å². The summed E-state index contributed by atoms with van der Waals surface area (Å²) in [5.41, 5.74) is 1.70. The fraction of sp³-hybridized carbons (Fsp3) is 0.621. The first-order chi connectivity index (χ1) is 22.7. The third-order valence-electron chi connectivity index (χ3n) is 10.1. The van der Waals surface area contributed by atoms with E-state index in [2.05, 4.69) is 52.9 Å². The van der Waals surface area contributed by atoms with Gasteiger partial charge in [-0.3, -0.25) is 25.5 Å². The Morgan fingerprint density at radius 2 is 1.81 bits per heavy atom. The van der Waals surface area contributed by atoms with Crippen molar-refractivity contribution < 1.29 is 14.4 Å². The number of rotatable bonds is 8. The fourth-order valence-electron chi connectivity index (χ4n) is 7.66. The van der Waals surface area contributed by atoms with Crippen molar-refractivity contribution in [1.29, 1.82) is 0 Å². The zero-order chi connectivity index (χ0) is 33.1. The standard InChI is InChI=1S/C29H43ClN14O3/c30-24-26(39-41-32)35-25(38-40-31)23(34-24)27(47)36-28-37-29(16-44(28)33)7-10-43(11-8-29)22(46)6-3-9-42-14-18-12-17-4-1-2-5-20(17)21(45)13-19(18)15-42/h1-2,4-5,18-19,23,25,28,34-35,37H,3,6-16,33H2,(H2,31,38)(H2,32,39)(H,36,47). The highest BCUT2D eigenvalue weighted by molar-refractivity contribution is 6.29. The molecule has 0 radical (unpaired) electrons. The highest BCUT2D eigenvalue weighted by Crippen LogP contribution is 2.35. The van der Waals surface area contributed by atoms with E-state index in [0.29, 0.717) is 57.2 Å². The minimum Gasteiger partial charge on any atom is -0.358 e. The number of fused-ring (bicyclic) bond motifs is 2. The molecule has 0 aromatic heterocycles. The highest BCUT2D eigenvalue weighted by Gasteiger charge is 2.46. The van der Waals surface area contributed by atoms with E-state index in [1.807, 2.05) is 23.1 Å². The number of Topliss-reactive ketones (excluding diaryl/α,β-unsaturated/α-hetero) is 1. The van der Waals surface area contributed by atoms with Crippen LogP contribution in [0.3, 0.4) is 0 Å². The second kappa shape index (κ2) is 14.1. The summed E-state index contributed by atoms with van der Waals surface area (Å²) in [7, 11) is 0. The summed E-state index contributed by atoms with van der Waals surface area (Å²) in [6, 6.07) is 7.03. The monoisotopic (exact) mass is 670 g/mol. The Bertz CT molecular complexity index is 1450. The van der Waals surface area contributed by atoms with Gasteiger partial charge in [-0.1, -0.05) is 46.3 Å². The molecule has 1 aromatic carbocycles. The first kappa shape index (κ1) is 33.0. The number of carbonyl (C=O) groups excluding carboxylic acids is 3.